The molecule has 1 atom stereocenters. The Balaban J connectivity index is 0. The van der Waals surface area contributed by atoms with Gasteiger partial charge in [-0.05, 0) is 27.3 Å². The van der Waals surface area contributed by atoms with Gasteiger partial charge in [0.2, 0.25) is 5.91 Å². The van der Waals surface area contributed by atoms with Crippen molar-refractivity contribution in [3.05, 3.63) is 0 Å². The van der Waals surface area contributed by atoms with Crippen molar-refractivity contribution >= 4 is 12.2 Å². The van der Waals surface area contributed by atoms with Crippen LogP contribution in [0.4, 0.5) is 0 Å². The summed E-state index contributed by atoms with van der Waals surface area (Å²) in [6.45, 7) is 12.8. The van der Waals surface area contributed by atoms with E-state index in [9.17, 15) is 9.59 Å². The Morgan fingerprint density at radius 2 is 1.44 bits per heavy atom. The van der Waals surface area contributed by atoms with Crippen LogP contribution in [-0.2, 0) is 28.5 Å². The molecule has 27 heavy (non-hydrogen) atoms. The van der Waals surface area contributed by atoms with Crippen LogP contribution < -0.4 is 10.6 Å². The summed E-state index contributed by atoms with van der Waals surface area (Å²) in [5.41, 5.74) is 0. The fourth-order valence-electron chi connectivity index (χ4n) is 1.55. The Bertz CT molecular complexity index is 329. The summed E-state index contributed by atoms with van der Waals surface area (Å²) in [5, 5.41) is 5.83. The molecule has 0 aliphatic rings. The largest absolute Gasteiger partial charge is 0.378 e. The number of likely N-dealkylation sites (N-methyl/N-ethyl adjacent to an activating group) is 1. The number of hydrogen-bond acceptors (Lipinski definition) is 7. The molecule has 0 saturated heterocycles. The lowest BCUT2D eigenvalue weighted by Crippen LogP contribution is -2.31. The van der Waals surface area contributed by atoms with Gasteiger partial charge in [0, 0.05) is 19.0 Å². The smallest absolute Gasteiger partial charge is 0.222 e. The molecule has 162 valence electrons. The van der Waals surface area contributed by atoms with E-state index in [0.717, 1.165) is 19.3 Å². The average Bonchev–Trinajstić information content (AvgIpc) is 2.66. The Labute approximate surface area is 164 Å². The predicted molar refractivity (Wildman–Crippen MR) is 106 cm³/mol. The number of carbonyl (C=O) groups is 2. The molecule has 1 amide bonds. The number of ether oxygens (including phenoxy) is 4. The summed E-state index contributed by atoms with van der Waals surface area (Å²) in [5.74, 6) is 0.160. The highest BCUT2D eigenvalue weighted by atomic mass is 16.5. The molecule has 1 unspecified atom stereocenters. The van der Waals surface area contributed by atoms with E-state index >= 15 is 0 Å². The molecule has 0 fully saturated rings. The third-order valence-electron chi connectivity index (χ3n) is 3.34. The monoisotopic (exact) mass is 392 g/mol. The number of hydrogen-bond donors (Lipinski definition) is 2. The first-order chi connectivity index (χ1) is 13.0. The van der Waals surface area contributed by atoms with Crippen LogP contribution in [0.5, 0.6) is 0 Å². The zero-order valence-electron chi connectivity index (χ0n) is 17.8. The molecular formula is C19H40N2O6. The quantitative estimate of drug-likeness (QED) is 0.282. The van der Waals surface area contributed by atoms with Gasteiger partial charge in [0.25, 0.3) is 0 Å². The highest BCUT2D eigenvalue weighted by Crippen LogP contribution is 1.98. The Hall–Kier alpha value is -1.06. The van der Waals surface area contributed by atoms with Crippen molar-refractivity contribution in [2.45, 2.75) is 40.2 Å². The molecule has 2 N–H and O–H groups in total. The normalized spacial score (nSPS) is 11.6. The maximum absolute atomic E-state index is 11.4. The van der Waals surface area contributed by atoms with Gasteiger partial charge >= 0.3 is 0 Å². The molecule has 8 nitrogen and oxygen atoms in total. The van der Waals surface area contributed by atoms with E-state index in [1.165, 1.54) is 0 Å². The Kier molecular flexibility index (Phi) is 24.0. The molecule has 0 aliphatic heterocycles. The SMILES string of the molecule is CC(C)OCC=O.CCC(C)C(=O)NCCOCCOCCOCCNC. The van der Waals surface area contributed by atoms with Gasteiger partial charge in [-0.3, -0.25) is 4.79 Å². The molecule has 0 bridgehead atoms. The van der Waals surface area contributed by atoms with Gasteiger partial charge in [-0.15, -0.1) is 0 Å². The third-order valence-corrected chi connectivity index (χ3v) is 3.34. The predicted octanol–water partition coefficient (Wildman–Crippen LogP) is 1.03. The van der Waals surface area contributed by atoms with E-state index in [4.69, 9.17) is 18.9 Å². The molecule has 8 heteroatoms. The molecule has 0 radical (unpaired) electrons. The van der Waals surface area contributed by atoms with E-state index in [-0.39, 0.29) is 24.5 Å². The second-order valence-electron chi connectivity index (χ2n) is 6.09. The first kappa shape index (κ1) is 28.2. The average molecular weight is 393 g/mol. The second-order valence-corrected chi connectivity index (χ2v) is 6.09. The van der Waals surface area contributed by atoms with E-state index in [1.54, 1.807) is 0 Å². The van der Waals surface area contributed by atoms with Gasteiger partial charge < -0.3 is 34.4 Å². The van der Waals surface area contributed by atoms with Crippen molar-refractivity contribution in [2.75, 3.05) is 66.4 Å². The highest BCUT2D eigenvalue weighted by Gasteiger charge is 2.08. The first-order valence-corrected chi connectivity index (χ1v) is 9.70. The van der Waals surface area contributed by atoms with Crippen LogP contribution in [0.3, 0.4) is 0 Å². The van der Waals surface area contributed by atoms with Crippen molar-refractivity contribution in [1.82, 2.24) is 10.6 Å². The minimum absolute atomic E-state index is 0.0706. The topological polar surface area (TPSA) is 95.1 Å². The molecule has 0 aromatic carbocycles. The number of carbonyl (C=O) groups excluding carboxylic acids is 2. The zero-order chi connectivity index (χ0) is 20.8. The maximum Gasteiger partial charge on any atom is 0.222 e. The van der Waals surface area contributed by atoms with Crippen molar-refractivity contribution in [3.8, 4) is 0 Å². The van der Waals surface area contributed by atoms with Crippen LogP contribution >= 0.6 is 0 Å². The lowest BCUT2D eigenvalue weighted by atomic mass is 10.1. The van der Waals surface area contributed by atoms with Crippen LogP contribution in [-0.4, -0.2) is 84.7 Å². The van der Waals surface area contributed by atoms with E-state index < -0.39 is 0 Å². The lowest BCUT2D eigenvalue weighted by molar-refractivity contribution is -0.124. The minimum atomic E-state index is 0.0706. The van der Waals surface area contributed by atoms with Gasteiger partial charge in [0.15, 0.2) is 0 Å². The van der Waals surface area contributed by atoms with E-state index in [1.807, 2.05) is 34.7 Å². The van der Waals surface area contributed by atoms with Crippen LogP contribution in [0.1, 0.15) is 34.1 Å². The van der Waals surface area contributed by atoms with Gasteiger partial charge in [0.05, 0.1) is 45.7 Å². The van der Waals surface area contributed by atoms with Crippen LogP contribution in [0.25, 0.3) is 0 Å². The first-order valence-electron chi connectivity index (χ1n) is 9.70. The third kappa shape index (κ3) is 24.9. The molecule has 0 aliphatic carbocycles. The summed E-state index contributed by atoms with van der Waals surface area (Å²) >= 11 is 0. The van der Waals surface area contributed by atoms with E-state index in [0.29, 0.717) is 46.2 Å². The zero-order valence-corrected chi connectivity index (χ0v) is 17.8. The summed E-state index contributed by atoms with van der Waals surface area (Å²) in [6.07, 6.45) is 1.78. The lowest BCUT2D eigenvalue weighted by Gasteiger charge is -2.10. The molecule has 0 saturated carbocycles. The van der Waals surface area contributed by atoms with Crippen molar-refractivity contribution in [3.63, 3.8) is 0 Å². The van der Waals surface area contributed by atoms with E-state index in [2.05, 4.69) is 10.6 Å². The Morgan fingerprint density at radius 3 is 1.85 bits per heavy atom. The van der Waals surface area contributed by atoms with Crippen molar-refractivity contribution in [2.24, 2.45) is 5.92 Å². The summed E-state index contributed by atoms with van der Waals surface area (Å²) < 4.78 is 20.8. The summed E-state index contributed by atoms with van der Waals surface area (Å²) in [7, 11) is 1.89. The Morgan fingerprint density at radius 1 is 0.926 bits per heavy atom. The van der Waals surface area contributed by atoms with Crippen LogP contribution in [0.2, 0.25) is 0 Å². The molecule has 0 spiro atoms. The fraction of sp³-hybridized carbons (Fsp3) is 0.895. The number of nitrogens with one attached hydrogen (secondary N) is 2. The summed E-state index contributed by atoms with van der Waals surface area (Å²) in [6, 6.07) is 0. The van der Waals surface area contributed by atoms with Gasteiger partial charge in [-0.2, -0.15) is 0 Å². The summed E-state index contributed by atoms with van der Waals surface area (Å²) in [4.78, 5) is 21.0. The van der Waals surface area contributed by atoms with Crippen molar-refractivity contribution < 1.29 is 28.5 Å². The molecular weight excluding hydrogens is 352 g/mol. The van der Waals surface area contributed by atoms with Gasteiger partial charge in [-0.25, -0.2) is 0 Å². The van der Waals surface area contributed by atoms with Gasteiger partial charge in [-0.1, -0.05) is 13.8 Å². The minimum Gasteiger partial charge on any atom is -0.378 e. The maximum atomic E-state index is 11.4. The second kappa shape index (κ2) is 23.0. The van der Waals surface area contributed by atoms with Crippen LogP contribution in [0.15, 0.2) is 0 Å². The molecule has 0 rings (SSSR count). The fourth-order valence-corrected chi connectivity index (χ4v) is 1.55. The number of aldehydes is 1. The molecule has 0 heterocycles. The molecule has 0 aromatic heterocycles. The van der Waals surface area contributed by atoms with Gasteiger partial charge in [0.1, 0.15) is 12.9 Å². The van der Waals surface area contributed by atoms with Crippen molar-refractivity contribution in [1.29, 1.82) is 0 Å². The number of amides is 1. The highest BCUT2D eigenvalue weighted by molar-refractivity contribution is 5.78. The van der Waals surface area contributed by atoms with Crippen LogP contribution in [0, 0.1) is 5.92 Å². The standard InChI is InChI=1S/C14H30N2O4.C5H10O2/c1-4-13(2)14(17)16-6-8-19-10-12-20-11-9-18-7-5-15-3;1-5(2)7-4-3-6/h13,15H,4-12H2,1-3H3,(H,16,17);3,5H,4H2,1-2H3. The molecule has 0 aromatic rings. The number of rotatable bonds is 17.